The molecule has 3 heteroatoms. The highest BCUT2D eigenvalue weighted by atomic mass is 79.9. The molecule has 0 bridgehead atoms. The first-order chi connectivity index (χ1) is 9.16. The molecule has 0 spiro atoms. The van der Waals surface area contributed by atoms with Gasteiger partial charge < -0.3 is 10.1 Å². The molecular weight excluding hydrogens is 302 g/mol. The molecule has 2 rings (SSSR count). The van der Waals surface area contributed by atoms with Gasteiger partial charge in [-0.1, -0.05) is 22.0 Å². The van der Waals surface area contributed by atoms with Crippen molar-refractivity contribution in [1.29, 1.82) is 0 Å². The van der Waals surface area contributed by atoms with Gasteiger partial charge in [-0.2, -0.15) is 0 Å². The third-order valence-corrected chi connectivity index (χ3v) is 4.82. The van der Waals surface area contributed by atoms with E-state index in [0.717, 1.165) is 29.2 Å². The van der Waals surface area contributed by atoms with Gasteiger partial charge in [-0.15, -0.1) is 0 Å². The standard InChI is InChI=1S/C16H24BrNO/c1-12-11-14(8-9-18-12)5-4-10-19-16-7-3-6-15(17)13(16)2/h3,6-7,12,14,18H,4-5,8-11H2,1-2H3/t12-,14-/m0/s1. The molecule has 1 aliphatic heterocycles. The molecule has 1 heterocycles. The largest absolute Gasteiger partial charge is 0.493 e. The van der Waals surface area contributed by atoms with Crippen LogP contribution in [0.3, 0.4) is 0 Å². The Morgan fingerprint density at radius 3 is 3.05 bits per heavy atom. The quantitative estimate of drug-likeness (QED) is 0.815. The topological polar surface area (TPSA) is 21.3 Å². The highest BCUT2D eigenvalue weighted by molar-refractivity contribution is 9.10. The van der Waals surface area contributed by atoms with E-state index in [2.05, 4.69) is 41.2 Å². The van der Waals surface area contributed by atoms with Crippen LogP contribution in [0.5, 0.6) is 5.75 Å². The van der Waals surface area contributed by atoms with E-state index in [1.165, 1.54) is 31.4 Å². The van der Waals surface area contributed by atoms with Gasteiger partial charge in [-0.05, 0) is 64.1 Å². The predicted molar refractivity (Wildman–Crippen MR) is 83.8 cm³/mol. The lowest BCUT2D eigenvalue weighted by atomic mass is 9.89. The molecule has 1 N–H and O–H groups in total. The van der Waals surface area contributed by atoms with Crippen molar-refractivity contribution in [3.63, 3.8) is 0 Å². The van der Waals surface area contributed by atoms with Gasteiger partial charge in [-0.3, -0.25) is 0 Å². The van der Waals surface area contributed by atoms with Crippen molar-refractivity contribution in [2.24, 2.45) is 5.92 Å². The maximum absolute atomic E-state index is 5.89. The first-order valence-electron chi connectivity index (χ1n) is 7.28. The van der Waals surface area contributed by atoms with Gasteiger partial charge in [0.25, 0.3) is 0 Å². The summed E-state index contributed by atoms with van der Waals surface area (Å²) in [4.78, 5) is 0. The molecule has 106 valence electrons. The summed E-state index contributed by atoms with van der Waals surface area (Å²) >= 11 is 3.54. The first kappa shape index (κ1) is 14.9. The fourth-order valence-electron chi connectivity index (χ4n) is 2.80. The fraction of sp³-hybridized carbons (Fsp3) is 0.625. The second-order valence-corrected chi connectivity index (χ2v) is 6.45. The number of hydrogen-bond donors (Lipinski definition) is 1. The normalized spacial score (nSPS) is 23.3. The number of halogens is 1. The van der Waals surface area contributed by atoms with Crippen LogP contribution in [0.2, 0.25) is 0 Å². The maximum atomic E-state index is 5.89. The molecule has 2 atom stereocenters. The Bertz CT molecular complexity index is 408. The Labute approximate surface area is 125 Å². The molecule has 0 aliphatic carbocycles. The molecule has 1 aliphatic rings. The monoisotopic (exact) mass is 325 g/mol. The van der Waals surface area contributed by atoms with Crippen LogP contribution in [0.1, 0.15) is 38.2 Å². The van der Waals surface area contributed by atoms with Crippen LogP contribution in [-0.2, 0) is 0 Å². The van der Waals surface area contributed by atoms with Crippen molar-refractivity contribution in [2.75, 3.05) is 13.2 Å². The molecule has 1 saturated heterocycles. The molecule has 1 fully saturated rings. The van der Waals surface area contributed by atoms with Crippen LogP contribution >= 0.6 is 15.9 Å². The van der Waals surface area contributed by atoms with Crippen LogP contribution < -0.4 is 10.1 Å². The van der Waals surface area contributed by atoms with Gasteiger partial charge >= 0.3 is 0 Å². The first-order valence-corrected chi connectivity index (χ1v) is 8.07. The Morgan fingerprint density at radius 2 is 2.26 bits per heavy atom. The van der Waals surface area contributed by atoms with E-state index >= 15 is 0 Å². The number of ether oxygens (including phenoxy) is 1. The number of nitrogens with one attached hydrogen (secondary N) is 1. The zero-order valence-electron chi connectivity index (χ0n) is 11.9. The molecule has 0 amide bonds. The lowest BCUT2D eigenvalue weighted by Crippen LogP contribution is -2.35. The zero-order valence-corrected chi connectivity index (χ0v) is 13.5. The number of rotatable bonds is 5. The van der Waals surface area contributed by atoms with Crippen molar-refractivity contribution in [3.8, 4) is 5.75 Å². The molecule has 0 radical (unpaired) electrons. The number of piperidine rings is 1. The average Bonchev–Trinajstić information content (AvgIpc) is 2.39. The lowest BCUT2D eigenvalue weighted by Gasteiger charge is -2.27. The van der Waals surface area contributed by atoms with Gasteiger partial charge in [-0.25, -0.2) is 0 Å². The minimum absolute atomic E-state index is 0.687. The summed E-state index contributed by atoms with van der Waals surface area (Å²) in [5.74, 6) is 1.89. The predicted octanol–water partition coefficient (Wildman–Crippen LogP) is 4.30. The van der Waals surface area contributed by atoms with E-state index in [9.17, 15) is 0 Å². The Balaban J connectivity index is 1.70. The van der Waals surface area contributed by atoms with Crippen LogP contribution in [-0.4, -0.2) is 19.2 Å². The molecule has 1 aromatic carbocycles. The third-order valence-electron chi connectivity index (χ3n) is 3.96. The summed E-state index contributed by atoms with van der Waals surface area (Å²) in [5.41, 5.74) is 1.19. The smallest absolute Gasteiger partial charge is 0.123 e. The minimum atomic E-state index is 0.687. The molecule has 19 heavy (non-hydrogen) atoms. The molecule has 2 nitrogen and oxygen atoms in total. The van der Waals surface area contributed by atoms with Crippen LogP contribution in [0.4, 0.5) is 0 Å². The molecule has 0 aromatic heterocycles. The highest BCUT2D eigenvalue weighted by Crippen LogP contribution is 2.26. The molecular formula is C16H24BrNO. The van der Waals surface area contributed by atoms with Gasteiger partial charge in [0.2, 0.25) is 0 Å². The summed E-state index contributed by atoms with van der Waals surface area (Å²) < 4.78 is 7.01. The SMILES string of the molecule is Cc1c(Br)cccc1OCCC[C@H]1CCN[C@@H](C)C1. The van der Waals surface area contributed by atoms with Crippen LogP contribution in [0, 0.1) is 12.8 Å². The van der Waals surface area contributed by atoms with Crippen LogP contribution in [0.25, 0.3) is 0 Å². The van der Waals surface area contributed by atoms with E-state index in [0.29, 0.717) is 6.04 Å². The maximum Gasteiger partial charge on any atom is 0.123 e. The number of hydrogen-bond acceptors (Lipinski definition) is 2. The van der Waals surface area contributed by atoms with Crippen molar-refractivity contribution in [1.82, 2.24) is 5.32 Å². The highest BCUT2D eigenvalue weighted by Gasteiger charge is 2.17. The van der Waals surface area contributed by atoms with Crippen molar-refractivity contribution >= 4 is 15.9 Å². The van der Waals surface area contributed by atoms with Gasteiger partial charge in [0, 0.05) is 16.1 Å². The van der Waals surface area contributed by atoms with E-state index in [4.69, 9.17) is 4.74 Å². The van der Waals surface area contributed by atoms with Crippen molar-refractivity contribution in [2.45, 2.75) is 45.6 Å². The summed E-state index contributed by atoms with van der Waals surface area (Å²) in [6.45, 7) is 6.38. The minimum Gasteiger partial charge on any atom is -0.493 e. The van der Waals surface area contributed by atoms with Crippen molar-refractivity contribution < 1.29 is 4.74 Å². The zero-order chi connectivity index (χ0) is 13.7. The molecule has 0 saturated carbocycles. The molecule has 0 unspecified atom stereocenters. The Morgan fingerprint density at radius 1 is 1.42 bits per heavy atom. The van der Waals surface area contributed by atoms with E-state index in [-0.39, 0.29) is 0 Å². The Hall–Kier alpha value is -0.540. The summed E-state index contributed by atoms with van der Waals surface area (Å²) in [5, 5.41) is 3.51. The third kappa shape index (κ3) is 4.50. The lowest BCUT2D eigenvalue weighted by molar-refractivity contribution is 0.255. The van der Waals surface area contributed by atoms with Gasteiger partial charge in [0.1, 0.15) is 5.75 Å². The average molecular weight is 326 g/mol. The summed E-state index contributed by atoms with van der Waals surface area (Å²) in [6.07, 6.45) is 5.08. The summed E-state index contributed by atoms with van der Waals surface area (Å²) in [6, 6.07) is 6.82. The van der Waals surface area contributed by atoms with Crippen LogP contribution in [0.15, 0.2) is 22.7 Å². The van der Waals surface area contributed by atoms with Gasteiger partial charge in [0.05, 0.1) is 6.61 Å². The molecule has 1 aromatic rings. The van der Waals surface area contributed by atoms with E-state index in [1.807, 2.05) is 12.1 Å². The second-order valence-electron chi connectivity index (χ2n) is 5.60. The fourth-order valence-corrected chi connectivity index (χ4v) is 3.14. The Kier molecular flexibility index (Phi) is 5.71. The number of benzene rings is 1. The summed E-state index contributed by atoms with van der Waals surface area (Å²) in [7, 11) is 0. The van der Waals surface area contributed by atoms with Gasteiger partial charge in [0.15, 0.2) is 0 Å². The van der Waals surface area contributed by atoms with E-state index in [1.54, 1.807) is 0 Å². The van der Waals surface area contributed by atoms with Crippen molar-refractivity contribution in [3.05, 3.63) is 28.2 Å². The second kappa shape index (κ2) is 7.30. The van der Waals surface area contributed by atoms with E-state index < -0.39 is 0 Å².